The molecule has 3 N–H and O–H groups in total. The van der Waals surface area contributed by atoms with E-state index in [4.69, 9.17) is 10.5 Å². The summed E-state index contributed by atoms with van der Waals surface area (Å²) in [5.74, 6) is 0.746. The number of ether oxygens (including phenoxy) is 1. The van der Waals surface area contributed by atoms with Crippen LogP contribution in [-0.2, 0) is 6.42 Å². The quantitative estimate of drug-likeness (QED) is 0.840. The predicted octanol–water partition coefficient (Wildman–Crippen LogP) is 2.76. The van der Waals surface area contributed by atoms with Gasteiger partial charge in [0, 0.05) is 12.1 Å². The maximum atomic E-state index is 12.2. The first-order valence-corrected chi connectivity index (χ1v) is 7.51. The summed E-state index contributed by atoms with van der Waals surface area (Å²) in [6.07, 6.45) is 0.792. The molecule has 1 heterocycles. The summed E-state index contributed by atoms with van der Waals surface area (Å²) in [5, 5.41) is 2.89. The van der Waals surface area contributed by atoms with Crippen LogP contribution in [0.25, 0.3) is 0 Å². The van der Waals surface area contributed by atoms with Crippen molar-refractivity contribution in [2.45, 2.75) is 12.5 Å². The van der Waals surface area contributed by atoms with E-state index in [-0.39, 0.29) is 12.0 Å². The van der Waals surface area contributed by atoms with Gasteiger partial charge < -0.3 is 15.8 Å². The van der Waals surface area contributed by atoms with Gasteiger partial charge in [0.25, 0.3) is 5.91 Å². The van der Waals surface area contributed by atoms with Crippen molar-refractivity contribution < 1.29 is 9.53 Å². The van der Waals surface area contributed by atoms with E-state index in [0.717, 1.165) is 12.2 Å². The molecule has 5 heteroatoms. The van der Waals surface area contributed by atoms with Crippen molar-refractivity contribution in [3.63, 3.8) is 0 Å². The molecule has 108 valence electrons. The van der Waals surface area contributed by atoms with Crippen molar-refractivity contribution >= 4 is 27.5 Å². The van der Waals surface area contributed by atoms with E-state index in [2.05, 4.69) is 21.2 Å². The topological polar surface area (TPSA) is 64.4 Å². The van der Waals surface area contributed by atoms with Gasteiger partial charge in [0.15, 0.2) is 0 Å². The smallest absolute Gasteiger partial charge is 0.252 e. The fraction of sp³-hybridized carbons (Fsp3) is 0.188. The van der Waals surface area contributed by atoms with Crippen LogP contribution < -0.4 is 15.8 Å². The normalized spacial score (nSPS) is 16.1. The zero-order valence-corrected chi connectivity index (χ0v) is 12.9. The molecule has 0 spiro atoms. The van der Waals surface area contributed by atoms with Crippen LogP contribution in [0.1, 0.15) is 15.9 Å². The van der Waals surface area contributed by atoms with Crippen LogP contribution in [0.5, 0.6) is 5.75 Å². The highest BCUT2D eigenvalue weighted by Crippen LogP contribution is 2.28. The molecule has 2 aromatic rings. The van der Waals surface area contributed by atoms with Gasteiger partial charge in [-0.25, -0.2) is 0 Å². The third-order valence-electron chi connectivity index (χ3n) is 3.48. The SMILES string of the molecule is Nc1cccc(C(=O)NCC2Cc3ccccc3O2)c1Br. The molecule has 21 heavy (non-hydrogen) atoms. The zero-order valence-electron chi connectivity index (χ0n) is 11.3. The second-order valence-corrected chi connectivity index (χ2v) is 5.76. The number of hydrogen-bond acceptors (Lipinski definition) is 3. The Morgan fingerprint density at radius 1 is 1.29 bits per heavy atom. The molecule has 3 rings (SSSR count). The lowest BCUT2D eigenvalue weighted by atomic mass is 10.1. The third kappa shape index (κ3) is 2.88. The average molecular weight is 347 g/mol. The Labute approximate surface area is 131 Å². The van der Waals surface area contributed by atoms with E-state index in [1.807, 2.05) is 24.3 Å². The summed E-state index contributed by atoms with van der Waals surface area (Å²) in [6.45, 7) is 0.467. The van der Waals surface area contributed by atoms with Gasteiger partial charge >= 0.3 is 0 Å². The first kappa shape index (κ1) is 13.9. The number of anilines is 1. The number of para-hydroxylation sites is 1. The van der Waals surface area contributed by atoms with Gasteiger partial charge in [0.05, 0.1) is 16.6 Å². The van der Waals surface area contributed by atoms with E-state index >= 15 is 0 Å². The lowest BCUT2D eigenvalue weighted by Crippen LogP contribution is -2.34. The third-order valence-corrected chi connectivity index (χ3v) is 4.36. The van der Waals surface area contributed by atoms with Gasteiger partial charge in [0.1, 0.15) is 11.9 Å². The Morgan fingerprint density at radius 2 is 2.10 bits per heavy atom. The predicted molar refractivity (Wildman–Crippen MR) is 85.4 cm³/mol. The van der Waals surface area contributed by atoms with Crippen LogP contribution in [0.3, 0.4) is 0 Å². The Morgan fingerprint density at radius 3 is 2.90 bits per heavy atom. The van der Waals surface area contributed by atoms with Gasteiger partial charge in [-0.15, -0.1) is 0 Å². The average Bonchev–Trinajstić information content (AvgIpc) is 2.90. The van der Waals surface area contributed by atoms with Gasteiger partial charge in [-0.2, -0.15) is 0 Å². The van der Waals surface area contributed by atoms with Crippen LogP contribution in [0.4, 0.5) is 5.69 Å². The maximum absolute atomic E-state index is 12.2. The fourth-order valence-electron chi connectivity index (χ4n) is 2.39. The molecule has 0 radical (unpaired) electrons. The van der Waals surface area contributed by atoms with Crippen molar-refractivity contribution in [2.75, 3.05) is 12.3 Å². The Balaban J connectivity index is 1.62. The van der Waals surface area contributed by atoms with E-state index in [0.29, 0.717) is 22.3 Å². The molecule has 0 bridgehead atoms. The number of amides is 1. The maximum Gasteiger partial charge on any atom is 0.252 e. The number of carbonyl (C=O) groups is 1. The van der Waals surface area contributed by atoms with Crippen LogP contribution in [0.2, 0.25) is 0 Å². The van der Waals surface area contributed by atoms with Gasteiger partial charge in [0.2, 0.25) is 0 Å². The van der Waals surface area contributed by atoms with Crippen molar-refractivity contribution in [3.8, 4) is 5.75 Å². The summed E-state index contributed by atoms with van der Waals surface area (Å²) in [5.41, 5.74) is 8.05. The molecule has 2 aromatic carbocycles. The minimum absolute atomic E-state index is 0.0221. The van der Waals surface area contributed by atoms with Gasteiger partial charge in [-0.05, 0) is 39.7 Å². The number of halogens is 1. The molecule has 1 aliphatic heterocycles. The molecule has 0 saturated carbocycles. The lowest BCUT2D eigenvalue weighted by molar-refractivity contribution is 0.0933. The number of nitrogen functional groups attached to an aromatic ring is 1. The summed E-state index contributed by atoms with van der Waals surface area (Å²) in [6, 6.07) is 13.2. The molecule has 1 amide bonds. The van der Waals surface area contributed by atoms with Crippen LogP contribution >= 0.6 is 15.9 Å². The summed E-state index contributed by atoms with van der Waals surface area (Å²) < 4.78 is 6.42. The second kappa shape index (κ2) is 5.77. The largest absolute Gasteiger partial charge is 0.488 e. The van der Waals surface area contributed by atoms with Crippen molar-refractivity contribution in [3.05, 3.63) is 58.1 Å². The van der Waals surface area contributed by atoms with Crippen molar-refractivity contribution in [1.82, 2.24) is 5.32 Å². The van der Waals surface area contributed by atoms with Gasteiger partial charge in [-0.1, -0.05) is 24.3 Å². The van der Waals surface area contributed by atoms with E-state index < -0.39 is 0 Å². The number of nitrogens with two attached hydrogens (primary N) is 1. The number of fused-ring (bicyclic) bond motifs is 1. The van der Waals surface area contributed by atoms with Gasteiger partial charge in [-0.3, -0.25) is 4.79 Å². The van der Waals surface area contributed by atoms with Crippen LogP contribution in [-0.4, -0.2) is 18.6 Å². The first-order chi connectivity index (χ1) is 10.1. The number of hydrogen-bond donors (Lipinski definition) is 2. The van der Waals surface area contributed by atoms with Crippen LogP contribution in [0.15, 0.2) is 46.9 Å². The lowest BCUT2D eigenvalue weighted by Gasteiger charge is -2.13. The number of nitrogens with one attached hydrogen (secondary N) is 1. The summed E-state index contributed by atoms with van der Waals surface area (Å²) >= 11 is 3.34. The number of benzene rings is 2. The molecule has 1 atom stereocenters. The highest BCUT2D eigenvalue weighted by molar-refractivity contribution is 9.10. The summed E-state index contributed by atoms with van der Waals surface area (Å²) in [7, 11) is 0. The minimum atomic E-state index is -0.159. The molecular formula is C16H15BrN2O2. The molecular weight excluding hydrogens is 332 g/mol. The minimum Gasteiger partial charge on any atom is -0.488 e. The Hall–Kier alpha value is -2.01. The second-order valence-electron chi connectivity index (χ2n) is 4.97. The standard InChI is InChI=1S/C16H15BrN2O2/c17-15-12(5-3-6-13(15)18)16(20)19-9-11-8-10-4-1-2-7-14(10)21-11/h1-7,11H,8-9,18H2,(H,19,20). The monoisotopic (exact) mass is 346 g/mol. The van der Waals surface area contributed by atoms with Crippen molar-refractivity contribution in [1.29, 1.82) is 0 Å². The van der Waals surface area contributed by atoms with E-state index in [9.17, 15) is 4.79 Å². The molecule has 0 saturated heterocycles. The number of rotatable bonds is 3. The van der Waals surface area contributed by atoms with E-state index in [1.165, 1.54) is 5.56 Å². The van der Waals surface area contributed by atoms with E-state index in [1.54, 1.807) is 18.2 Å². The summed E-state index contributed by atoms with van der Waals surface area (Å²) in [4.78, 5) is 12.2. The Kier molecular flexibility index (Phi) is 3.84. The Bertz CT molecular complexity index is 663. The number of carbonyl (C=O) groups excluding carboxylic acids is 1. The molecule has 0 fully saturated rings. The molecule has 1 unspecified atom stereocenters. The zero-order chi connectivity index (χ0) is 14.8. The highest BCUT2D eigenvalue weighted by atomic mass is 79.9. The molecule has 4 nitrogen and oxygen atoms in total. The molecule has 0 aromatic heterocycles. The molecule has 0 aliphatic carbocycles. The fourth-order valence-corrected chi connectivity index (χ4v) is 2.84. The van der Waals surface area contributed by atoms with Crippen LogP contribution in [0, 0.1) is 0 Å². The highest BCUT2D eigenvalue weighted by Gasteiger charge is 2.23. The first-order valence-electron chi connectivity index (χ1n) is 6.72. The molecule has 1 aliphatic rings. The van der Waals surface area contributed by atoms with Crippen molar-refractivity contribution in [2.24, 2.45) is 0 Å².